The van der Waals surface area contributed by atoms with Crippen LogP contribution in [0.1, 0.15) is 31.2 Å². The number of nitrogens with zero attached hydrogens (tertiary/aromatic N) is 2. The van der Waals surface area contributed by atoms with Gasteiger partial charge in [-0.1, -0.05) is 24.7 Å². The monoisotopic (exact) mass is 213 g/mol. The molecule has 0 saturated heterocycles. The summed E-state index contributed by atoms with van der Waals surface area (Å²) in [5, 5.41) is 21.6. The maximum absolute atomic E-state index is 8.84. The van der Waals surface area contributed by atoms with Crippen molar-refractivity contribution >= 4 is 16.5 Å². The molecule has 1 saturated carbocycles. The second-order valence-electron chi connectivity index (χ2n) is 3.82. The van der Waals surface area contributed by atoms with Crippen LogP contribution in [0, 0.1) is 5.92 Å². The predicted octanol–water partition coefficient (Wildman–Crippen LogP) is 1.63. The highest BCUT2D eigenvalue weighted by Crippen LogP contribution is 2.28. The van der Waals surface area contributed by atoms with Crippen LogP contribution in [0.15, 0.2) is 0 Å². The van der Waals surface area contributed by atoms with Crippen molar-refractivity contribution < 1.29 is 5.11 Å². The molecule has 1 aromatic rings. The smallest absolute Gasteiger partial charge is 0.205 e. The molecule has 0 bridgehead atoms. The fourth-order valence-electron chi connectivity index (χ4n) is 1.89. The molecular formula is C9H15N3OS. The summed E-state index contributed by atoms with van der Waals surface area (Å²) in [4.78, 5) is 0. The van der Waals surface area contributed by atoms with Gasteiger partial charge in [0.2, 0.25) is 5.13 Å². The quantitative estimate of drug-likeness (QED) is 0.801. The van der Waals surface area contributed by atoms with Crippen molar-refractivity contribution in [1.29, 1.82) is 0 Å². The third-order valence-electron chi connectivity index (χ3n) is 2.77. The lowest BCUT2D eigenvalue weighted by molar-refractivity contribution is 0.280. The highest BCUT2D eigenvalue weighted by atomic mass is 32.1. The molecule has 0 spiro atoms. The van der Waals surface area contributed by atoms with Gasteiger partial charge in [0.15, 0.2) is 0 Å². The minimum Gasteiger partial charge on any atom is -0.389 e. The van der Waals surface area contributed by atoms with E-state index in [-0.39, 0.29) is 6.61 Å². The first kappa shape index (κ1) is 9.86. The lowest BCUT2D eigenvalue weighted by Gasteiger charge is -2.15. The lowest BCUT2D eigenvalue weighted by Crippen LogP contribution is -2.21. The van der Waals surface area contributed by atoms with Crippen LogP contribution in [-0.4, -0.2) is 21.3 Å². The molecule has 2 atom stereocenters. The molecule has 2 rings (SSSR count). The fourth-order valence-corrected chi connectivity index (χ4v) is 2.56. The van der Waals surface area contributed by atoms with E-state index in [0.29, 0.717) is 11.0 Å². The molecule has 1 fully saturated rings. The zero-order valence-electron chi connectivity index (χ0n) is 8.23. The predicted molar refractivity (Wildman–Crippen MR) is 56.3 cm³/mol. The number of anilines is 1. The number of hydrogen-bond donors (Lipinski definition) is 2. The summed E-state index contributed by atoms with van der Waals surface area (Å²) in [6.45, 7) is 2.25. The Kier molecular flexibility index (Phi) is 2.98. The summed E-state index contributed by atoms with van der Waals surface area (Å²) in [6.07, 6.45) is 3.81. The first-order valence-corrected chi connectivity index (χ1v) is 5.81. The first-order valence-electron chi connectivity index (χ1n) is 4.99. The number of aromatic nitrogens is 2. The van der Waals surface area contributed by atoms with Crippen molar-refractivity contribution in [2.45, 2.75) is 38.8 Å². The molecule has 2 N–H and O–H groups in total. The van der Waals surface area contributed by atoms with E-state index in [4.69, 9.17) is 5.11 Å². The molecule has 1 aliphatic carbocycles. The van der Waals surface area contributed by atoms with E-state index in [1.165, 1.54) is 30.6 Å². The average molecular weight is 213 g/mol. The van der Waals surface area contributed by atoms with Crippen LogP contribution in [0.3, 0.4) is 0 Å². The Balaban J connectivity index is 1.96. The largest absolute Gasteiger partial charge is 0.389 e. The molecule has 0 aromatic carbocycles. The molecule has 2 unspecified atom stereocenters. The van der Waals surface area contributed by atoms with Crippen molar-refractivity contribution in [2.75, 3.05) is 5.32 Å². The van der Waals surface area contributed by atoms with Gasteiger partial charge in [0.1, 0.15) is 5.01 Å². The van der Waals surface area contributed by atoms with Crippen LogP contribution in [-0.2, 0) is 6.61 Å². The summed E-state index contributed by atoms with van der Waals surface area (Å²) >= 11 is 1.44. The number of aliphatic hydroxyl groups is 1. The van der Waals surface area contributed by atoms with Gasteiger partial charge in [-0.2, -0.15) is 0 Å². The molecule has 1 heterocycles. The van der Waals surface area contributed by atoms with Crippen molar-refractivity contribution in [1.82, 2.24) is 10.2 Å². The van der Waals surface area contributed by atoms with Crippen LogP contribution in [0.2, 0.25) is 0 Å². The Labute approximate surface area is 87.4 Å². The summed E-state index contributed by atoms with van der Waals surface area (Å²) in [6, 6.07) is 0.537. The molecule has 5 heteroatoms. The van der Waals surface area contributed by atoms with Gasteiger partial charge >= 0.3 is 0 Å². The SMILES string of the molecule is CC1CCCC1Nc1nnc(CO)s1. The third kappa shape index (κ3) is 2.04. The standard InChI is InChI=1S/C9H15N3OS/c1-6-3-2-4-7(6)10-9-12-11-8(5-13)14-9/h6-7,13H,2-5H2,1H3,(H,10,12). The van der Waals surface area contributed by atoms with E-state index in [9.17, 15) is 0 Å². The topological polar surface area (TPSA) is 58.0 Å². The normalized spacial score (nSPS) is 26.7. The molecule has 0 amide bonds. The van der Waals surface area contributed by atoms with Crippen LogP contribution in [0.25, 0.3) is 0 Å². The van der Waals surface area contributed by atoms with Gasteiger partial charge in [0.25, 0.3) is 0 Å². The summed E-state index contributed by atoms with van der Waals surface area (Å²) in [5.74, 6) is 0.719. The van der Waals surface area contributed by atoms with Crippen LogP contribution >= 0.6 is 11.3 Å². The summed E-state index contributed by atoms with van der Waals surface area (Å²) in [5.41, 5.74) is 0. The number of aliphatic hydroxyl groups excluding tert-OH is 1. The van der Waals surface area contributed by atoms with Crippen molar-refractivity contribution in [3.8, 4) is 0 Å². The maximum atomic E-state index is 8.84. The van der Waals surface area contributed by atoms with E-state index >= 15 is 0 Å². The van der Waals surface area contributed by atoms with Crippen LogP contribution < -0.4 is 5.32 Å². The van der Waals surface area contributed by atoms with Crippen molar-refractivity contribution in [3.05, 3.63) is 5.01 Å². The minimum absolute atomic E-state index is 0.0143. The highest BCUT2D eigenvalue weighted by Gasteiger charge is 2.23. The van der Waals surface area contributed by atoms with Gasteiger partial charge in [-0.05, 0) is 18.8 Å². The van der Waals surface area contributed by atoms with Crippen LogP contribution in [0.5, 0.6) is 0 Å². The van der Waals surface area contributed by atoms with Gasteiger partial charge < -0.3 is 10.4 Å². The van der Waals surface area contributed by atoms with Gasteiger partial charge in [0, 0.05) is 6.04 Å². The molecule has 1 aliphatic rings. The Morgan fingerprint density at radius 2 is 2.36 bits per heavy atom. The molecule has 14 heavy (non-hydrogen) atoms. The minimum atomic E-state index is -0.0143. The van der Waals surface area contributed by atoms with Crippen molar-refractivity contribution in [2.24, 2.45) is 5.92 Å². The second kappa shape index (κ2) is 4.23. The fraction of sp³-hybridized carbons (Fsp3) is 0.778. The van der Waals surface area contributed by atoms with E-state index < -0.39 is 0 Å². The first-order chi connectivity index (χ1) is 6.79. The van der Waals surface area contributed by atoms with E-state index in [1.54, 1.807) is 0 Å². The van der Waals surface area contributed by atoms with Gasteiger partial charge in [0.05, 0.1) is 6.61 Å². The average Bonchev–Trinajstić information content (AvgIpc) is 2.77. The molecule has 1 aromatic heterocycles. The van der Waals surface area contributed by atoms with Crippen molar-refractivity contribution in [3.63, 3.8) is 0 Å². The highest BCUT2D eigenvalue weighted by molar-refractivity contribution is 7.15. The van der Waals surface area contributed by atoms with Gasteiger partial charge in [-0.25, -0.2) is 0 Å². The maximum Gasteiger partial charge on any atom is 0.205 e. The van der Waals surface area contributed by atoms with E-state index in [0.717, 1.165) is 11.0 Å². The Morgan fingerprint density at radius 3 is 2.93 bits per heavy atom. The number of hydrogen-bond acceptors (Lipinski definition) is 5. The Hall–Kier alpha value is -0.680. The molecule has 0 radical (unpaired) electrons. The molecule has 0 aliphatic heterocycles. The summed E-state index contributed by atoms with van der Waals surface area (Å²) in [7, 11) is 0. The number of nitrogens with one attached hydrogen (secondary N) is 1. The Bertz CT molecular complexity index is 302. The second-order valence-corrected chi connectivity index (χ2v) is 4.88. The van der Waals surface area contributed by atoms with E-state index in [2.05, 4.69) is 22.4 Å². The molecular weight excluding hydrogens is 198 g/mol. The molecule has 4 nitrogen and oxygen atoms in total. The lowest BCUT2D eigenvalue weighted by atomic mass is 10.1. The van der Waals surface area contributed by atoms with Gasteiger partial charge in [-0.3, -0.25) is 0 Å². The zero-order chi connectivity index (χ0) is 9.97. The zero-order valence-corrected chi connectivity index (χ0v) is 9.05. The molecule has 78 valence electrons. The van der Waals surface area contributed by atoms with Crippen LogP contribution in [0.4, 0.5) is 5.13 Å². The van der Waals surface area contributed by atoms with Gasteiger partial charge in [-0.15, -0.1) is 10.2 Å². The third-order valence-corrected chi connectivity index (χ3v) is 3.61. The summed E-state index contributed by atoms with van der Waals surface area (Å²) < 4.78 is 0. The Morgan fingerprint density at radius 1 is 1.50 bits per heavy atom. The number of rotatable bonds is 3. The van der Waals surface area contributed by atoms with E-state index in [1.807, 2.05) is 0 Å².